The summed E-state index contributed by atoms with van der Waals surface area (Å²) in [5.74, 6) is -0.0944. The van der Waals surface area contributed by atoms with Gasteiger partial charge in [0.25, 0.3) is 0 Å². The van der Waals surface area contributed by atoms with Crippen LogP contribution in [0.15, 0.2) is 24.4 Å². The van der Waals surface area contributed by atoms with Gasteiger partial charge in [0.2, 0.25) is 0 Å². The van der Waals surface area contributed by atoms with Gasteiger partial charge in [-0.25, -0.2) is 4.79 Å². The molecule has 0 spiro atoms. The highest BCUT2D eigenvalue weighted by molar-refractivity contribution is 6.18. The van der Waals surface area contributed by atoms with Gasteiger partial charge in [-0.2, -0.15) is 10.2 Å². The summed E-state index contributed by atoms with van der Waals surface area (Å²) in [5.41, 5.74) is 1.89. The van der Waals surface area contributed by atoms with E-state index < -0.39 is 5.97 Å². The van der Waals surface area contributed by atoms with Gasteiger partial charge in [-0.05, 0) is 5.56 Å². The van der Waals surface area contributed by atoms with E-state index in [1.54, 1.807) is 6.07 Å². The maximum atomic E-state index is 11.5. The van der Waals surface area contributed by atoms with Crippen LogP contribution in [-0.4, -0.2) is 23.3 Å². The van der Waals surface area contributed by atoms with E-state index in [1.807, 2.05) is 12.1 Å². The molecule has 5 heteroatoms. The summed E-state index contributed by atoms with van der Waals surface area (Å²) in [6, 6.07) is 5.48. The molecule has 0 amide bonds. The Morgan fingerprint density at radius 1 is 1.50 bits per heavy atom. The Kier molecular flexibility index (Phi) is 3.01. The Bertz CT molecular complexity index is 542. The molecule has 2 aromatic rings. The Morgan fingerprint density at radius 3 is 3.00 bits per heavy atom. The van der Waals surface area contributed by atoms with Gasteiger partial charge in [0.1, 0.15) is 0 Å². The zero-order valence-electron chi connectivity index (χ0n) is 8.61. The van der Waals surface area contributed by atoms with Gasteiger partial charge >= 0.3 is 5.97 Å². The van der Waals surface area contributed by atoms with E-state index in [0.717, 1.165) is 5.56 Å². The van der Waals surface area contributed by atoms with Crippen LogP contribution in [0, 0.1) is 0 Å². The average Bonchev–Trinajstić information content (AvgIpc) is 2.36. The average molecular weight is 237 g/mol. The number of methoxy groups -OCH3 is 1. The van der Waals surface area contributed by atoms with Gasteiger partial charge in [-0.1, -0.05) is 18.2 Å². The standard InChI is InChI=1S/C11H9ClN2O2/c1-16-11(15)9-6-13-14-10-7(5-12)3-2-4-8(9)10/h2-4,6H,5H2,1H3. The number of esters is 1. The number of hydrogen-bond donors (Lipinski definition) is 0. The van der Waals surface area contributed by atoms with E-state index in [1.165, 1.54) is 13.3 Å². The summed E-state index contributed by atoms with van der Waals surface area (Å²) in [5, 5.41) is 8.48. The van der Waals surface area contributed by atoms with Crippen molar-refractivity contribution in [3.63, 3.8) is 0 Å². The first-order valence-electron chi connectivity index (χ1n) is 4.65. The first kappa shape index (κ1) is 10.8. The Hall–Kier alpha value is -1.68. The van der Waals surface area contributed by atoms with Crippen LogP contribution in [0.25, 0.3) is 10.9 Å². The quantitative estimate of drug-likeness (QED) is 0.592. The molecule has 2 rings (SSSR count). The Labute approximate surface area is 97.2 Å². The van der Waals surface area contributed by atoms with Crippen LogP contribution in [0.1, 0.15) is 15.9 Å². The number of aromatic nitrogens is 2. The summed E-state index contributed by atoms with van der Waals surface area (Å²) < 4.78 is 4.68. The predicted octanol–water partition coefficient (Wildman–Crippen LogP) is 2.16. The molecular weight excluding hydrogens is 228 g/mol. The zero-order valence-corrected chi connectivity index (χ0v) is 9.36. The second-order valence-electron chi connectivity index (χ2n) is 3.20. The number of fused-ring (bicyclic) bond motifs is 1. The molecule has 0 aliphatic carbocycles. The molecular formula is C11H9ClN2O2. The molecule has 0 saturated heterocycles. The summed E-state index contributed by atoms with van der Waals surface area (Å²) >= 11 is 5.79. The molecule has 0 atom stereocenters. The molecule has 16 heavy (non-hydrogen) atoms. The monoisotopic (exact) mass is 236 g/mol. The fraction of sp³-hybridized carbons (Fsp3) is 0.182. The van der Waals surface area contributed by atoms with Crippen LogP contribution >= 0.6 is 11.6 Å². The van der Waals surface area contributed by atoms with Crippen molar-refractivity contribution in [3.8, 4) is 0 Å². The molecule has 0 fully saturated rings. The number of ether oxygens (including phenoxy) is 1. The molecule has 0 bridgehead atoms. The van der Waals surface area contributed by atoms with Gasteiger partial charge in [0, 0.05) is 11.3 Å². The zero-order chi connectivity index (χ0) is 11.5. The van der Waals surface area contributed by atoms with Crippen molar-refractivity contribution in [1.29, 1.82) is 0 Å². The number of hydrogen-bond acceptors (Lipinski definition) is 4. The lowest BCUT2D eigenvalue weighted by Crippen LogP contribution is -2.04. The number of carbonyl (C=O) groups is 1. The van der Waals surface area contributed by atoms with Crippen molar-refractivity contribution in [2.75, 3.05) is 7.11 Å². The van der Waals surface area contributed by atoms with Crippen LogP contribution in [0.5, 0.6) is 0 Å². The molecule has 0 unspecified atom stereocenters. The van der Waals surface area contributed by atoms with Crippen LogP contribution in [0.4, 0.5) is 0 Å². The number of nitrogens with zero attached hydrogens (tertiary/aromatic N) is 2. The minimum Gasteiger partial charge on any atom is -0.465 e. The predicted molar refractivity (Wildman–Crippen MR) is 60.4 cm³/mol. The summed E-state index contributed by atoms with van der Waals surface area (Å²) in [6.45, 7) is 0. The van der Waals surface area contributed by atoms with Crippen molar-refractivity contribution in [2.24, 2.45) is 0 Å². The van der Waals surface area contributed by atoms with E-state index >= 15 is 0 Å². The smallest absolute Gasteiger partial charge is 0.340 e. The molecule has 0 aliphatic heterocycles. The maximum Gasteiger partial charge on any atom is 0.340 e. The molecule has 1 aromatic heterocycles. The SMILES string of the molecule is COC(=O)c1cnnc2c(CCl)cccc12. The summed E-state index contributed by atoms with van der Waals surface area (Å²) in [6.07, 6.45) is 1.40. The first-order valence-corrected chi connectivity index (χ1v) is 5.19. The van der Waals surface area contributed by atoms with Crippen LogP contribution in [0.2, 0.25) is 0 Å². The molecule has 0 aliphatic rings. The topological polar surface area (TPSA) is 52.1 Å². The van der Waals surface area contributed by atoms with E-state index in [2.05, 4.69) is 14.9 Å². The normalized spacial score (nSPS) is 10.4. The van der Waals surface area contributed by atoms with Crippen LogP contribution in [-0.2, 0) is 10.6 Å². The molecule has 82 valence electrons. The highest BCUT2D eigenvalue weighted by Crippen LogP contribution is 2.21. The Balaban J connectivity index is 2.73. The third-order valence-corrected chi connectivity index (χ3v) is 2.59. The summed E-state index contributed by atoms with van der Waals surface area (Å²) in [4.78, 5) is 11.5. The minimum absolute atomic E-state index is 0.330. The highest BCUT2D eigenvalue weighted by atomic mass is 35.5. The number of carbonyl (C=O) groups excluding carboxylic acids is 1. The number of halogens is 1. The van der Waals surface area contributed by atoms with Gasteiger partial charge in [0.05, 0.1) is 24.4 Å². The largest absolute Gasteiger partial charge is 0.465 e. The molecule has 0 radical (unpaired) electrons. The number of alkyl halides is 1. The molecule has 4 nitrogen and oxygen atoms in total. The highest BCUT2D eigenvalue weighted by Gasteiger charge is 2.12. The van der Waals surface area contributed by atoms with E-state index in [-0.39, 0.29) is 0 Å². The van der Waals surface area contributed by atoms with E-state index in [4.69, 9.17) is 11.6 Å². The number of benzene rings is 1. The van der Waals surface area contributed by atoms with Gasteiger partial charge in [0.15, 0.2) is 0 Å². The van der Waals surface area contributed by atoms with Crippen molar-refractivity contribution >= 4 is 28.5 Å². The molecule has 0 saturated carbocycles. The van der Waals surface area contributed by atoms with Crippen LogP contribution in [0.3, 0.4) is 0 Å². The van der Waals surface area contributed by atoms with E-state index in [9.17, 15) is 4.79 Å². The van der Waals surface area contributed by atoms with Gasteiger partial charge in [-0.3, -0.25) is 0 Å². The van der Waals surface area contributed by atoms with Crippen molar-refractivity contribution in [1.82, 2.24) is 10.2 Å². The first-order chi connectivity index (χ1) is 7.77. The minimum atomic E-state index is -0.424. The van der Waals surface area contributed by atoms with Gasteiger partial charge < -0.3 is 4.74 Å². The fourth-order valence-corrected chi connectivity index (χ4v) is 1.74. The fourth-order valence-electron chi connectivity index (χ4n) is 1.52. The maximum absolute atomic E-state index is 11.5. The lowest BCUT2D eigenvalue weighted by Gasteiger charge is -2.05. The lowest BCUT2D eigenvalue weighted by atomic mass is 10.1. The lowest BCUT2D eigenvalue weighted by molar-refractivity contribution is 0.0602. The van der Waals surface area contributed by atoms with Crippen LogP contribution < -0.4 is 0 Å². The summed E-state index contributed by atoms with van der Waals surface area (Å²) in [7, 11) is 1.33. The second-order valence-corrected chi connectivity index (χ2v) is 3.46. The molecule has 0 N–H and O–H groups in total. The third kappa shape index (κ3) is 1.72. The van der Waals surface area contributed by atoms with Crippen molar-refractivity contribution in [2.45, 2.75) is 5.88 Å². The second kappa shape index (κ2) is 4.45. The van der Waals surface area contributed by atoms with Crippen molar-refractivity contribution < 1.29 is 9.53 Å². The van der Waals surface area contributed by atoms with Crippen molar-refractivity contribution in [3.05, 3.63) is 35.5 Å². The molecule has 1 heterocycles. The third-order valence-electron chi connectivity index (χ3n) is 2.30. The molecule has 1 aromatic carbocycles. The van der Waals surface area contributed by atoms with Gasteiger partial charge in [-0.15, -0.1) is 11.6 Å². The number of rotatable bonds is 2. The van der Waals surface area contributed by atoms with E-state index in [0.29, 0.717) is 22.3 Å². The Morgan fingerprint density at radius 2 is 2.31 bits per heavy atom.